The van der Waals surface area contributed by atoms with Crippen molar-refractivity contribution in [2.24, 2.45) is 5.73 Å². The van der Waals surface area contributed by atoms with Gasteiger partial charge < -0.3 is 15.8 Å². The van der Waals surface area contributed by atoms with Gasteiger partial charge in [-0.2, -0.15) is 5.10 Å². The van der Waals surface area contributed by atoms with Crippen LogP contribution in [0.4, 0.5) is 0 Å². The third-order valence-electron chi connectivity index (χ3n) is 5.86. The van der Waals surface area contributed by atoms with Gasteiger partial charge in [0.1, 0.15) is 11.4 Å². The van der Waals surface area contributed by atoms with Crippen LogP contribution in [0.3, 0.4) is 0 Å². The van der Waals surface area contributed by atoms with Crippen LogP contribution >= 0.6 is 0 Å². The highest BCUT2D eigenvalue weighted by Gasteiger charge is 2.24. The highest BCUT2D eigenvalue weighted by molar-refractivity contribution is 6.00. The SMILES string of the molecule is COc1ccc(-c2nn(Cc3ccccc3)cc2C(=O)NC2CCN(CC(N)=O)CC2)cc1. The Morgan fingerprint density at radius 3 is 2.42 bits per heavy atom. The van der Waals surface area contributed by atoms with E-state index in [4.69, 9.17) is 15.6 Å². The van der Waals surface area contributed by atoms with Gasteiger partial charge in [0.2, 0.25) is 5.91 Å². The van der Waals surface area contributed by atoms with Gasteiger partial charge in [-0.25, -0.2) is 0 Å². The van der Waals surface area contributed by atoms with E-state index in [0.717, 1.165) is 42.8 Å². The van der Waals surface area contributed by atoms with Crippen LogP contribution in [-0.2, 0) is 11.3 Å². The van der Waals surface area contributed by atoms with Crippen LogP contribution in [0.2, 0.25) is 0 Å². The molecule has 2 aromatic carbocycles. The number of carbonyl (C=O) groups is 2. The lowest BCUT2D eigenvalue weighted by Gasteiger charge is -2.31. The quantitative estimate of drug-likeness (QED) is 0.552. The van der Waals surface area contributed by atoms with Crippen LogP contribution in [-0.4, -0.2) is 59.3 Å². The van der Waals surface area contributed by atoms with E-state index in [2.05, 4.69) is 5.32 Å². The molecule has 2 amide bonds. The summed E-state index contributed by atoms with van der Waals surface area (Å²) in [5.74, 6) is 0.275. The number of methoxy groups -OCH3 is 1. The van der Waals surface area contributed by atoms with Gasteiger partial charge in [-0.1, -0.05) is 30.3 Å². The van der Waals surface area contributed by atoms with Crippen LogP contribution in [0.1, 0.15) is 28.8 Å². The summed E-state index contributed by atoms with van der Waals surface area (Å²) in [5.41, 5.74) is 8.43. The first kappa shape index (κ1) is 22.5. The minimum absolute atomic E-state index is 0.0443. The van der Waals surface area contributed by atoms with Gasteiger partial charge in [0.25, 0.3) is 5.91 Å². The number of aromatic nitrogens is 2. The predicted molar refractivity (Wildman–Crippen MR) is 126 cm³/mol. The number of ether oxygens (including phenoxy) is 1. The lowest BCUT2D eigenvalue weighted by Crippen LogP contribution is -2.46. The molecule has 1 aliphatic heterocycles. The van der Waals surface area contributed by atoms with Gasteiger partial charge in [0.15, 0.2) is 0 Å². The second-order valence-electron chi connectivity index (χ2n) is 8.29. The van der Waals surface area contributed by atoms with Crippen LogP contribution in [0, 0.1) is 0 Å². The average molecular weight is 448 g/mol. The number of nitrogens with zero attached hydrogens (tertiary/aromatic N) is 3. The van der Waals surface area contributed by atoms with Gasteiger partial charge in [-0.3, -0.25) is 19.2 Å². The van der Waals surface area contributed by atoms with E-state index in [-0.39, 0.29) is 24.4 Å². The summed E-state index contributed by atoms with van der Waals surface area (Å²) >= 11 is 0. The lowest BCUT2D eigenvalue weighted by molar-refractivity contribution is -0.119. The molecule has 0 saturated carbocycles. The van der Waals surface area contributed by atoms with Crippen molar-refractivity contribution in [1.82, 2.24) is 20.0 Å². The van der Waals surface area contributed by atoms with Gasteiger partial charge >= 0.3 is 0 Å². The second-order valence-corrected chi connectivity index (χ2v) is 8.29. The van der Waals surface area contributed by atoms with Gasteiger partial charge in [-0.05, 0) is 42.7 Å². The number of hydrogen-bond donors (Lipinski definition) is 2. The van der Waals surface area contributed by atoms with Crippen molar-refractivity contribution in [2.45, 2.75) is 25.4 Å². The van der Waals surface area contributed by atoms with E-state index in [9.17, 15) is 9.59 Å². The van der Waals surface area contributed by atoms with E-state index in [1.165, 1.54) is 0 Å². The predicted octanol–water partition coefficient (Wildman–Crippen LogP) is 2.29. The van der Waals surface area contributed by atoms with Crippen molar-refractivity contribution in [3.8, 4) is 17.0 Å². The van der Waals surface area contributed by atoms with E-state index in [1.807, 2.05) is 65.7 Å². The summed E-state index contributed by atoms with van der Waals surface area (Å²) in [6.45, 7) is 2.29. The maximum Gasteiger partial charge on any atom is 0.255 e. The number of carbonyl (C=O) groups excluding carboxylic acids is 2. The third kappa shape index (κ3) is 5.78. The number of amides is 2. The minimum Gasteiger partial charge on any atom is -0.497 e. The van der Waals surface area contributed by atoms with Crippen LogP contribution in [0.5, 0.6) is 5.75 Å². The molecule has 1 aliphatic rings. The summed E-state index contributed by atoms with van der Waals surface area (Å²) < 4.78 is 7.07. The second kappa shape index (κ2) is 10.3. The molecular formula is C25H29N5O3. The molecule has 33 heavy (non-hydrogen) atoms. The smallest absolute Gasteiger partial charge is 0.255 e. The summed E-state index contributed by atoms with van der Waals surface area (Å²) in [6.07, 6.45) is 3.36. The number of hydrogen-bond acceptors (Lipinski definition) is 5. The monoisotopic (exact) mass is 447 g/mol. The molecule has 1 fully saturated rings. The zero-order valence-corrected chi connectivity index (χ0v) is 18.7. The first-order chi connectivity index (χ1) is 16.0. The number of rotatable bonds is 8. The number of likely N-dealkylation sites (tertiary alicyclic amines) is 1. The van der Waals surface area contributed by atoms with Crippen molar-refractivity contribution >= 4 is 11.8 Å². The molecule has 1 aromatic heterocycles. The number of nitrogens with one attached hydrogen (secondary N) is 1. The van der Waals surface area contributed by atoms with Crippen molar-refractivity contribution in [2.75, 3.05) is 26.7 Å². The number of benzene rings is 2. The molecule has 0 unspecified atom stereocenters. The highest BCUT2D eigenvalue weighted by atomic mass is 16.5. The van der Waals surface area contributed by atoms with Crippen LogP contribution in [0.25, 0.3) is 11.3 Å². The normalized spacial score (nSPS) is 14.7. The topological polar surface area (TPSA) is 102 Å². The Labute approximate surface area is 193 Å². The summed E-state index contributed by atoms with van der Waals surface area (Å²) in [5, 5.41) is 7.90. The standard InChI is InChI=1S/C25H29N5O3/c1-33-21-9-7-19(8-10-21)24-22(16-30(28-24)15-18-5-3-2-4-6-18)25(32)27-20-11-13-29(14-12-20)17-23(26)31/h2-10,16,20H,11-15,17H2,1H3,(H2,26,31)(H,27,32). The highest BCUT2D eigenvalue weighted by Crippen LogP contribution is 2.25. The number of nitrogens with two attached hydrogens (primary N) is 1. The van der Waals surface area contributed by atoms with Crippen LogP contribution in [0.15, 0.2) is 60.8 Å². The number of primary amides is 1. The summed E-state index contributed by atoms with van der Waals surface area (Å²) in [6, 6.07) is 17.6. The third-order valence-corrected chi connectivity index (χ3v) is 5.86. The Morgan fingerprint density at radius 2 is 1.79 bits per heavy atom. The molecular weight excluding hydrogens is 418 g/mol. The Morgan fingerprint density at radius 1 is 1.09 bits per heavy atom. The molecule has 4 rings (SSSR count). The maximum absolute atomic E-state index is 13.3. The number of piperidine rings is 1. The van der Waals surface area contributed by atoms with E-state index in [1.54, 1.807) is 11.8 Å². The van der Waals surface area contributed by atoms with Crippen molar-refractivity contribution in [3.05, 3.63) is 71.9 Å². The maximum atomic E-state index is 13.3. The van der Waals surface area contributed by atoms with Gasteiger partial charge in [0.05, 0.1) is 25.8 Å². The van der Waals surface area contributed by atoms with Gasteiger partial charge in [0, 0.05) is 30.9 Å². The molecule has 0 aliphatic carbocycles. The first-order valence-electron chi connectivity index (χ1n) is 11.1. The molecule has 0 radical (unpaired) electrons. The van der Waals surface area contributed by atoms with E-state index in [0.29, 0.717) is 17.8 Å². The zero-order chi connectivity index (χ0) is 23.2. The molecule has 0 bridgehead atoms. The summed E-state index contributed by atoms with van der Waals surface area (Å²) in [4.78, 5) is 26.4. The largest absolute Gasteiger partial charge is 0.497 e. The van der Waals surface area contributed by atoms with Crippen molar-refractivity contribution in [1.29, 1.82) is 0 Å². The molecule has 1 saturated heterocycles. The molecule has 8 heteroatoms. The minimum atomic E-state index is -0.326. The van der Waals surface area contributed by atoms with Crippen molar-refractivity contribution < 1.29 is 14.3 Å². The average Bonchev–Trinajstić information content (AvgIpc) is 3.24. The molecule has 2 heterocycles. The first-order valence-corrected chi connectivity index (χ1v) is 11.1. The molecule has 0 spiro atoms. The Balaban J connectivity index is 1.53. The van der Waals surface area contributed by atoms with E-state index < -0.39 is 0 Å². The molecule has 3 aromatic rings. The van der Waals surface area contributed by atoms with Crippen molar-refractivity contribution in [3.63, 3.8) is 0 Å². The zero-order valence-electron chi connectivity index (χ0n) is 18.7. The molecule has 3 N–H and O–H groups in total. The molecule has 0 atom stereocenters. The Hall–Kier alpha value is -3.65. The summed E-state index contributed by atoms with van der Waals surface area (Å²) in [7, 11) is 1.62. The fourth-order valence-corrected chi connectivity index (χ4v) is 4.12. The Bertz CT molecular complexity index is 1090. The fraction of sp³-hybridized carbons (Fsp3) is 0.320. The lowest BCUT2D eigenvalue weighted by atomic mass is 10.0. The van der Waals surface area contributed by atoms with E-state index >= 15 is 0 Å². The molecule has 172 valence electrons. The molecule has 8 nitrogen and oxygen atoms in total. The van der Waals surface area contributed by atoms with Crippen LogP contribution < -0.4 is 15.8 Å². The fourth-order valence-electron chi connectivity index (χ4n) is 4.12. The van der Waals surface area contributed by atoms with Gasteiger partial charge in [-0.15, -0.1) is 0 Å². The Kier molecular flexibility index (Phi) is 7.04.